The lowest BCUT2D eigenvalue weighted by Gasteiger charge is -2.17. The average molecular weight is 392 g/mol. The first kappa shape index (κ1) is 18.1. The molecule has 4 heteroatoms. The Morgan fingerprint density at radius 2 is 1.87 bits per heavy atom. The normalized spacial score (nSPS) is 12.0. The van der Waals surface area contributed by atoms with E-state index in [1.54, 1.807) is 11.8 Å². The number of thioether (sulfide) groups is 1. The lowest BCUT2D eigenvalue weighted by Crippen LogP contribution is -2.28. The Hall–Kier alpha value is -1.26. The average Bonchev–Trinajstić information content (AvgIpc) is 2.49. The van der Waals surface area contributed by atoms with Crippen molar-refractivity contribution in [1.29, 1.82) is 0 Å². The van der Waals surface area contributed by atoms with E-state index in [0.29, 0.717) is 5.75 Å². The molecule has 2 nitrogen and oxygen atoms in total. The largest absolute Gasteiger partial charge is 0.349 e. The van der Waals surface area contributed by atoms with Crippen molar-refractivity contribution >= 4 is 33.6 Å². The molecule has 1 amide bonds. The topological polar surface area (TPSA) is 29.1 Å². The molecule has 0 aliphatic rings. The number of carbonyl (C=O) groups excluding carboxylic acids is 1. The van der Waals surface area contributed by atoms with Crippen molar-refractivity contribution < 1.29 is 4.79 Å². The summed E-state index contributed by atoms with van der Waals surface area (Å²) in [5.74, 6) is 1.41. The van der Waals surface area contributed by atoms with Crippen LogP contribution in [0.1, 0.15) is 35.2 Å². The van der Waals surface area contributed by atoms with E-state index in [2.05, 4.69) is 65.4 Å². The van der Waals surface area contributed by atoms with E-state index in [9.17, 15) is 4.79 Å². The Morgan fingerprint density at radius 3 is 2.52 bits per heavy atom. The highest BCUT2D eigenvalue weighted by Gasteiger charge is 2.11. The van der Waals surface area contributed by atoms with Gasteiger partial charge >= 0.3 is 0 Å². The smallest absolute Gasteiger partial charge is 0.230 e. The molecule has 0 unspecified atom stereocenters. The number of nitrogens with one attached hydrogen (secondary N) is 1. The molecule has 0 aliphatic carbocycles. The van der Waals surface area contributed by atoms with Crippen LogP contribution in [0, 0.1) is 13.8 Å². The lowest BCUT2D eigenvalue weighted by atomic mass is 10.0. The summed E-state index contributed by atoms with van der Waals surface area (Å²) in [4.78, 5) is 12.1. The quantitative estimate of drug-likeness (QED) is 0.734. The zero-order valence-corrected chi connectivity index (χ0v) is 16.1. The van der Waals surface area contributed by atoms with E-state index < -0.39 is 0 Å². The van der Waals surface area contributed by atoms with Crippen LogP contribution in [-0.4, -0.2) is 11.7 Å². The van der Waals surface area contributed by atoms with E-state index in [1.807, 2.05) is 19.1 Å². The molecule has 0 radical (unpaired) electrons. The van der Waals surface area contributed by atoms with Gasteiger partial charge in [-0.3, -0.25) is 4.79 Å². The van der Waals surface area contributed by atoms with Gasteiger partial charge in [0.15, 0.2) is 0 Å². The van der Waals surface area contributed by atoms with Crippen molar-refractivity contribution in [2.75, 3.05) is 5.75 Å². The number of benzene rings is 2. The van der Waals surface area contributed by atoms with Gasteiger partial charge in [0.05, 0.1) is 11.8 Å². The molecule has 2 aromatic rings. The van der Waals surface area contributed by atoms with Gasteiger partial charge in [0, 0.05) is 10.2 Å². The molecule has 0 saturated carbocycles. The van der Waals surface area contributed by atoms with E-state index in [0.717, 1.165) is 10.2 Å². The van der Waals surface area contributed by atoms with Gasteiger partial charge < -0.3 is 5.32 Å². The number of rotatable bonds is 6. The molecule has 0 bridgehead atoms. The fourth-order valence-electron chi connectivity index (χ4n) is 2.51. The van der Waals surface area contributed by atoms with Gasteiger partial charge in [0.25, 0.3) is 0 Å². The second-order valence-electron chi connectivity index (χ2n) is 5.77. The summed E-state index contributed by atoms with van der Waals surface area (Å²) in [6, 6.07) is 14.6. The third kappa shape index (κ3) is 5.70. The first-order valence-corrected chi connectivity index (χ1v) is 9.59. The van der Waals surface area contributed by atoms with Crippen molar-refractivity contribution in [1.82, 2.24) is 5.32 Å². The Balaban J connectivity index is 1.81. The highest BCUT2D eigenvalue weighted by atomic mass is 79.9. The van der Waals surface area contributed by atoms with Gasteiger partial charge in [0.2, 0.25) is 5.91 Å². The second-order valence-corrected chi connectivity index (χ2v) is 7.67. The summed E-state index contributed by atoms with van der Waals surface area (Å²) < 4.78 is 1.08. The predicted molar refractivity (Wildman–Crippen MR) is 103 cm³/mol. The molecule has 1 atom stereocenters. The number of carbonyl (C=O) groups is 1. The number of hydrogen-bond acceptors (Lipinski definition) is 2. The standard InChI is InChI=1S/C19H22BrNOS/c1-13-4-9-18(14(2)10-13)15(3)21-19(22)12-23-11-16-5-7-17(20)8-6-16/h4-10,15H,11-12H2,1-3H3,(H,21,22)/t15-/m1/s1. The van der Waals surface area contributed by atoms with Crippen LogP contribution in [0.5, 0.6) is 0 Å². The molecule has 0 heterocycles. The molecule has 1 N–H and O–H groups in total. The van der Waals surface area contributed by atoms with Crippen LogP contribution in [0.2, 0.25) is 0 Å². The predicted octanol–water partition coefficient (Wildman–Crippen LogP) is 5.18. The van der Waals surface area contributed by atoms with E-state index in [4.69, 9.17) is 0 Å². The summed E-state index contributed by atoms with van der Waals surface area (Å²) in [7, 11) is 0. The summed E-state index contributed by atoms with van der Waals surface area (Å²) in [5.41, 5.74) is 4.88. The van der Waals surface area contributed by atoms with Gasteiger partial charge in [-0.25, -0.2) is 0 Å². The molecule has 2 aromatic carbocycles. The van der Waals surface area contributed by atoms with Crippen molar-refractivity contribution in [3.8, 4) is 0 Å². The fraction of sp³-hybridized carbons (Fsp3) is 0.316. The molecule has 0 spiro atoms. The van der Waals surface area contributed by atoms with Gasteiger partial charge in [-0.1, -0.05) is 51.8 Å². The summed E-state index contributed by atoms with van der Waals surface area (Å²) >= 11 is 5.06. The Morgan fingerprint density at radius 1 is 1.17 bits per heavy atom. The minimum Gasteiger partial charge on any atom is -0.349 e. The molecule has 0 saturated heterocycles. The Labute approximate surface area is 151 Å². The van der Waals surface area contributed by atoms with Crippen LogP contribution in [0.4, 0.5) is 0 Å². The second kappa shape index (κ2) is 8.55. The zero-order chi connectivity index (χ0) is 16.8. The minimum atomic E-state index is 0.0383. The van der Waals surface area contributed by atoms with Crippen molar-refractivity contribution in [2.45, 2.75) is 32.6 Å². The minimum absolute atomic E-state index is 0.0383. The van der Waals surface area contributed by atoms with Gasteiger partial charge in [-0.2, -0.15) is 0 Å². The third-order valence-electron chi connectivity index (χ3n) is 3.68. The van der Waals surface area contributed by atoms with E-state index >= 15 is 0 Å². The first-order valence-electron chi connectivity index (χ1n) is 7.64. The third-order valence-corrected chi connectivity index (χ3v) is 5.22. The Bertz CT molecular complexity index is 670. The fourth-order valence-corrected chi connectivity index (χ4v) is 3.58. The molecular weight excluding hydrogens is 370 g/mol. The van der Waals surface area contributed by atoms with Crippen LogP contribution in [0.25, 0.3) is 0 Å². The number of hydrogen-bond donors (Lipinski definition) is 1. The van der Waals surface area contributed by atoms with Crippen LogP contribution in [0.15, 0.2) is 46.9 Å². The molecule has 0 aromatic heterocycles. The van der Waals surface area contributed by atoms with Crippen molar-refractivity contribution in [2.24, 2.45) is 0 Å². The molecule has 122 valence electrons. The van der Waals surface area contributed by atoms with Crippen LogP contribution >= 0.6 is 27.7 Å². The molecule has 0 fully saturated rings. The SMILES string of the molecule is Cc1ccc([C@@H](C)NC(=O)CSCc2ccc(Br)cc2)c(C)c1. The zero-order valence-electron chi connectivity index (χ0n) is 13.7. The van der Waals surface area contributed by atoms with E-state index in [-0.39, 0.29) is 11.9 Å². The molecule has 2 rings (SSSR count). The summed E-state index contributed by atoms with van der Waals surface area (Å²) in [6.45, 7) is 6.21. The molecule has 0 aliphatic heterocycles. The van der Waals surface area contributed by atoms with Gasteiger partial charge in [-0.05, 0) is 49.6 Å². The van der Waals surface area contributed by atoms with Gasteiger partial charge in [-0.15, -0.1) is 11.8 Å². The van der Waals surface area contributed by atoms with Crippen molar-refractivity contribution in [3.05, 3.63) is 69.2 Å². The van der Waals surface area contributed by atoms with Crippen LogP contribution in [-0.2, 0) is 10.5 Å². The van der Waals surface area contributed by atoms with Crippen LogP contribution < -0.4 is 5.32 Å². The highest BCUT2D eigenvalue weighted by molar-refractivity contribution is 9.10. The number of aryl methyl sites for hydroxylation is 2. The summed E-state index contributed by atoms with van der Waals surface area (Å²) in [5, 5.41) is 3.08. The summed E-state index contributed by atoms with van der Waals surface area (Å²) in [6.07, 6.45) is 0. The molecule has 23 heavy (non-hydrogen) atoms. The maximum Gasteiger partial charge on any atom is 0.230 e. The monoisotopic (exact) mass is 391 g/mol. The van der Waals surface area contributed by atoms with Crippen molar-refractivity contribution in [3.63, 3.8) is 0 Å². The van der Waals surface area contributed by atoms with Gasteiger partial charge in [0.1, 0.15) is 0 Å². The maximum absolute atomic E-state index is 12.1. The first-order chi connectivity index (χ1) is 11.0. The molecular formula is C19H22BrNOS. The highest BCUT2D eigenvalue weighted by Crippen LogP contribution is 2.19. The Kier molecular flexibility index (Phi) is 6.72. The maximum atomic E-state index is 12.1. The number of amides is 1. The number of halogens is 1. The van der Waals surface area contributed by atoms with Crippen LogP contribution in [0.3, 0.4) is 0 Å². The lowest BCUT2D eigenvalue weighted by molar-refractivity contribution is -0.119. The van der Waals surface area contributed by atoms with E-state index in [1.165, 1.54) is 22.3 Å².